The summed E-state index contributed by atoms with van der Waals surface area (Å²) in [6.07, 6.45) is 2.99. The molecule has 0 aromatic heterocycles. The Bertz CT molecular complexity index is 616. The van der Waals surface area contributed by atoms with E-state index in [9.17, 15) is 13.5 Å². The third-order valence-corrected chi connectivity index (χ3v) is 4.25. The maximum absolute atomic E-state index is 11.2. The first-order valence-electron chi connectivity index (χ1n) is 6.18. The molecule has 0 aliphatic heterocycles. The number of aliphatic hydroxyl groups excluding tert-OH is 1. The fourth-order valence-corrected chi connectivity index (χ4v) is 2.64. The zero-order chi connectivity index (χ0) is 14.6. The third-order valence-electron chi connectivity index (χ3n) is 3.05. The number of ether oxygens (including phenoxy) is 1. The summed E-state index contributed by atoms with van der Waals surface area (Å²) in [5.74, 6) is 0.0670. The fraction of sp³-hybridized carbons (Fsp3) is 0.286. The molecule has 0 radical (unpaired) electrons. The van der Waals surface area contributed by atoms with E-state index in [1.54, 1.807) is 0 Å². The van der Waals surface area contributed by atoms with Crippen molar-refractivity contribution in [1.82, 2.24) is 0 Å². The van der Waals surface area contributed by atoms with E-state index < -0.39 is 15.4 Å². The van der Waals surface area contributed by atoms with Gasteiger partial charge in [-0.25, -0.2) is 0 Å². The molecule has 20 heavy (non-hydrogen) atoms. The lowest BCUT2D eigenvalue weighted by Gasteiger charge is -2.14. The summed E-state index contributed by atoms with van der Waals surface area (Å²) in [6, 6.07) is 9.33. The van der Waals surface area contributed by atoms with Crippen LogP contribution in [0.3, 0.4) is 0 Å². The van der Waals surface area contributed by atoms with Gasteiger partial charge in [-0.2, -0.15) is 8.42 Å². The molecule has 0 saturated carbocycles. The zero-order valence-corrected chi connectivity index (χ0v) is 11.6. The molecule has 1 aromatic carbocycles. The summed E-state index contributed by atoms with van der Waals surface area (Å²) in [6.45, 7) is 0.228. The van der Waals surface area contributed by atoms with Crippen molar-refractivity contribution < 1.29 is 22.8 Å². The normalized spacial score (nSPS) is 19.8. The minimum atomic E-state index is -4.17. The lowest BCUT2D eigenvalue weighted by atomic mass is 10.2. The molecule has 0 heterocycles. The molecular formula is C14H16O5S. The SMILES string of the molecule is O=S(=O)(O)C1CC=CC(O)=C(OCc2ccccc2)C1. The molecule has 1 aromatic rings. The Labute approximate surface area is 118 Å². The molecule has 6 heteroatoms. The number of hydrogen-bond acceptors (Lipinski definition) is 4. The standard InChI is InChI=1S/C14H16O5S/c15-13-8-4-7-12(20(16,17)18)9-14(13)19-10-11-5-2-1-3-6-11/h1-6,8,12,15H,7,9-10H2,(H,16,17,18). The van der Waals surface area contributed by atoms with Gasteiger partial charge in [0.2, 0.25) is 0 Å². The van der Waals surface area contributed by atoms with Crippen molar-refractivity contribution in [1.29, 1.82) is 0 Å². The summed E-state index contributed by atoms with van der Waals surface area (Å²) >= 11 is 0. The quantitative estimate of drug-likeness (QED) is 0.834. The van der Waals surface area contributed by atoms with Crippen LogP contribution in [-0.4, -0.2) is 23.3 Å². The summed E-state index contributed by atoms with van der Waals surface area (Å²) in [7, 11) is -4.17. The Kier molecular flexibility index (Phi) is 4.46. The van der Waals surface area contributed by atoms with Gasteiger partial charge in [0.15, 0.2) is 5.76 Å². The topological polar surface area (TPSA) is 83.8 Å². The van der Waals surface area contributed by atoms with Crippen molar-refractivity contribution in [3.05, 3.63) is 59.6 Å². The highest BCUT2D eigenvalue weighted by molar-refractivity contribution is 7.86. The molecule has 0 bridgehead atoms. The summed E-state index contributed by atoms with van der Waals surface area (Å²) in [5, 5.41) is 8.81. The Morgan fingerprint density at radius 1 is 1.25 bits per heavy atom. The highest BCUT2D eigenvalue weighted by atomic mass is 32.2. The minimum Gasteiger partial charge on any atom is -0.504 e. The fourth-order valence-electron chi connectivity index (χ4n) is 1.92. The van der Waals surface area contributed by atoms with Gasteiger partial charge in [-0.1, -0.05) is 36.4 Å². The average molecular weight is 296 g/mol. The van der Waals surface area contributed by atoms with Gasteiger partial charge < -0.3 is 9.84 Å². The molecular weight excluding hydrogens is 280 g/mol. The van der Waals surface area contributed by atoms with E-state index in [-0.39, 0.29) is 31.0 Å². The molecule has 0 amide bonds. The van der Waals surface area contributed by atoms with Crippen LogP contribution in [-0.2, 0) is 21.5 Å². The molecule has 0 fully saturated rings. The largest absolute Gasteiger partial charge is 0.504 e. The van der Waals surface area contributed by atoms with Gasteiger partial charge in [-0.05, 0) is 18.1 Å². The Morgan fingerprint density at radius 3 is 2.60 bits per heavy atom. The highest BCUT2D eigenvalue weighted by Gasteiger charge is 2.27. The van der Waals surface area contributed by atoms with Gasteiger partial charge in [-0.3, -0.25) is 4.55 Å². The Balaban J connectivity index is 2.10. The summed E-state index contributed by atoms with van der Waals surface area (Å²) in [4.78, 5) is 0. The lowest BCUT2D eigenvalue weighted by molar-refractivity contribution is 0.171. The molecule has 0 spiro atoms. The highest BCUT2D eigenvalue weighted by Crippen LogP contribution is 2.24. The second kappa shape index (κ2) is 6.11. The van der Waals surface area contributed by atoms with E-state index in [0.29, 0.717) is 0 Å². The van der Waals surface area contributed by atoms with Crippen LogP contribution in [0.15, 0.2) is 54.0 Å². The van der Waals surface area contributed by atoms with E-state index in [1.807, 2.05) is 30.3 Å². The molecule has 5 nitrogen and oxygen atoms in total. The number of aliphatic hydroxyl groups is 1. The molecule has 1 atom stereocenters. The molecule has 2 rings (SSSR count). The van der Waals surface area contributed by atoms with E-state index in [4.69, 9.17) is 9.29 Å². The van der Waals surface area contributed by atoms with Crippen molar-refractivity contribution in [2.24, 2.45) is 0 Å². The van der Waals surface area contributed by atoms with Gasteiger partial charge in [0.1, 0.15) is 12.4 Å². The minimum absolute atomic E-state index is 0.0511. The number of allylic oxidation sites excluding steroid dienone is 3. The van der Waals surface area contributed by atoms with E-state index in [0.717, 1.165) is 5.56 Å². The number of rotatable bonds is 4. The first-order valence-corrected chi connectivity index (χ1v) is 7.69. The summed E-state index contributed by atoms with van der Waals surface area (Å²) in [5.41, 5.74) is 0.907. The Morgan fingerprint density at radius 2 is 1.95 bits per heavy atom. The van der Waals surface area contributed by atoms with Crippen molar-refractivity contribution in [2.75, 3.05) is 0 Å². The molecule has 1 unspecified atom stereocenters. The van der Waals surface area contributed by atoms with Crippen molar-refractivity contribution in [3.8, 4) is 0 Å². The van der Waals surface area contributed by atoms with E-state index in [2.05, 4.69) is 0 Å². The van der Waals surface area contributed by atoms with Gasteiger partial charge in [0.05, 0.1) is 5.25 Å². The van der Waals surface area contributed by atoms with Crippen molar-refractivity contribution in [3.63, 3.8) is 0 Å². The van der Waals surface area contributed by atoms with Crippen LogP contribution in [0.5, 0.6) is 0 Å². The van der Waals surface area contributed by atoms with E-state index >= 15 is 0 Å². The van der Waals surface area contributed by atoms with Crippen LogP contribution in [0, 0.1) is 0 Å². The lowest BCUT2D eigenvalue weighted by Crippen LogP contribution is -2.20. The first kappa shape index (κ1) is 14.6. The maximum Gasteiger partial charge on any atom is 0.268 e. The maximum atomic E-state index is 11.2. The van der Waals surface area contributed by atoms with Gasteiger partial charge in [-0.15, -0.1) is 0 Å². The molecule has 108 valence electrons. The monoisotopic (exact) mass is 296 g/mol. The number of hydrogen-bond donors (Lipinski definition) is 2. The van der Waals surface area contributed by atoms with Gasteiger partial charge in [0, 0.05) is 6.42 Å². The zero-order valence-electron chi connectivity index (χ0n) is 10.8. The third kappa shape index (κ3) is 3.85. The van der Waals surface area contributed by atoms with Crippen LogP contribution in [0.2, 0.25) is 0 Å². The van der Waals surface area contributed by atoms with Crippen LogP contribution >= 0.6 is 0 Å². The smallest absolute Gasteiger partial charge is 0.268 e. The molecule has 1 aliphatic carbocycles. The molecule has 1 aliphatic rings. The van der Waals surface area contributed by atoms with Crippen molar-refractivity contribution >= 4 is 10.1 Å². The van der Waals surface area contributed by atoms with Crippen LogP contribution in [0.25, 0.3) is 0 Å². The molecule has 0 saturated heterocycles. The predicted octanol–water partition coefficient (Wildman–Crippen LogP) is 2.58. The summed E-state index contributed by atoms with van der Waals surface area (Å²) < 4.78 is 37.1. The van der Waals surface area contributed by atoms with Crippen LogP contribution in [0.1, 0.15) is 18.4 Å². The van der Waals surface area contributed by atoms with E-state index in [1.165, 1.54) is 12.2 Å². The Hall–Kier alpha value is -1.79. The second-order valence-electron chi connectivity index (χ2n) is 4.56. The second-order valence-corrected chi connectivity index (χ2v) is 6.26. The van der Waals surface area contributed by atoms with Gasteiger partial charge in [0.25, 0.3) is 10.1 Å². The number of benzene rings is 1. The van der Waals surface area contributed by atoms with Gasteiger partial charge >= 0.3 is 0 Å². The average Bonchev–Trinajstić information content (AvgIpc) is 2.59. The first-order chi connectivity index (χ1) is 9.47. The van der Waals surface area contributed by atoms with Crippen molar-refractivity contribution in [2.45, 2.75) is 24.7 Å². The molecule has 2 N–H and O–H groups in total. The predicted molar refractivity (Wildman–Crippen MR) is 74.6 cm³/mol. The van der Waals surface area contributed by atoms with Crippen LogP contribution in [0.4, 0.5) is 0 Å². The van der Waals surface area contributed by atoms with Crippen LogP contribution < -0.4 is 0 Å².